The van der Waals surface area contributed by atoms with Crippen molar-refractivity contribution in [2.75, 3.05) is 6.54 Å². The topological polar surface area (TPSA) is 68.3 Å². The molecular formula is C17H16N2O3. The Balaban J connectivity index is 1.58. The molecule has 0 radical (unpaired) electrons. The quantitative estimate of drug-likeness (QED) is 0.679. The molecule has 1 N–H and O–H groups in total. The number of hydrogen-bond donors (Lipinski definition) is 1. The van der Waals surface area contributed by atoms with E-state index in [4.69, 9.17) is 4.74 Å². The normalized spacial score (nSPS) is 13.5. The molecule has 0 aliphatic heterocycles. The Hall–Kier alpha value is -2.69. The van der Waals surface area contributed by atoms with E-state index in [0.717, 1.165) is 6.54 Å². The van der Waals surface area contributed by atoms with Gasteiger partial charge in [-0.15, -0.1) is 0 Å². The molecule has 1 aromatic carbocycles. The summed E-state index contributed by atoms with van der Waals surface area (Å²) in [7, 11) is 0. The maximum absolute atomic E-state index is 11.9. The highest BCUT2D eigenvalue weighted by Gasteiger charge is 2.21. The minimum atomic E-state index is -0.473. The molecule has 1 amide bonds. The van der Waals surface area contributed by atoms with Crippen molar-refractivity contribution in [3.8, 4) is 5.75 Å². The highest BCUT2D eigenvalue weighted by Crippen LogP contribution is 2.27. The zero-order valence-electron chi connectivity index (χ0n) is 12.0. The van der Waals surface area contributed by atoms with Gasteiger partial charge in [-0.05, 0) is 55.2 Å². The van der Waals surface area contributed by atoms with E-state index in [1.54, 1.807) is 42.6 Å². The van der Waals surface area contributed by atoms with E-state index in [9.17, 15) is 9.59 Å². The largest absolute Gasteiger partial charge is 0.423 e. The summed E-state index contributed by atoms with van der Waals surface area (Å²) < 4.78 is 5.23. The Bertz CT molecular complexity index is 664. The second kappa shape index (κ2) is 6.39. The molecule has 5 heteroatoms. The van der Waals surface area contributed by atoms with Gasteiger partial charge < -0.3 is 10.1 Å². The standard InChI is InChI=1S/C17H16N2O3/c20-16(19-10-12-3-4-12)13-5-7-15(8-6-13)22-17(21)14-2-1-9-18-11-14/h1-2,5-9,11-12H,3-4,10H2,(H,19,20). The van der Waals surface area contributed by atoms with Gasteiger partial charge in [0, 0.05) is 24.5 Å². The van der Waals surface area contributed by atoms with Gasteiger partial charge in [0.1, 0.15) is 5.75 Å². The summed E-state index contributed by atoms with van der Waals surface area (Å²) >= 11 is 0. The van der Waals surface area contributed by atoms with Crippen LogP contribution in [0.15, 0.2) is 48.8 Å². The molecule has 1 aliphatic rings. The van der Waals surface area contributed by atoms with Crippen molar-refractivity contribution in [2.24, 2.45) is 5.92 Å². The molecule has 0 saturated heterocycles. The molecule has 1 aliphatic carbocycles. The van der Waals surface area contributed by atoms with E-state index in [-0.39, 0.29) is 5.91 Å². The average Bonchev–Trinajstić information content (AvgIpc) is 3.38. The lowest BCUT2D eigenvalue weighted by Crippen LogP contribution is -2.25. The number of nitrogens with one attached hydrogen (secondary N) is 1. The van der Waals surface area contributed by atoms with Crippen molar-refractivity contribution in [1.29, 1.82) is 0 Å². The number of benzene rings is 1. The molecule has 2 aromatic rings. The first-order valence-electron chi connectivity index (χ1n) is 7.23. The Kier molecular flexibility index (Phi) is 4.14. The van der Waals surface area contributed by atoms with Gasteiger partial charge >= 0.3 is 5.97 Å². The van der Waals surface area contributed by atoms with Gasteiger partial charge in [0.15, 0.2) is 0 Å². The molecule has 1 fully saturated rings. The first-order chi connectivity index (χ1) is 10.7. The van der Waals surface area contributed by atoms with Gasteiger partial charge in [0.25, 0.3) is 5.91 Å². The van der Waals surface area contributed by atoms with Crippen LogP contribution in [-0.2, 0) is 0 Å². The number of nitrogens with zero attached hydrogens (tertiary/aromatic N) is 1. The number of rotatable bonds is 5. The smallest absolute Gasteiger partial charge is 0.345 e. The van der Waals surface area contributed by atoms with Crippen LogP contribution in [0, 0.1) is 5.92 Å². The molecule has 0 unspecified atom stereocenters. The van der Waals surface area contributed by atoms with E-state index < -0.39 is 5.97 Å². The second-order valence-electron chi connectivity index (χ2n) is 5.31. The monoisotopic (exact) mass is 296 g/mol. The van der Waals surface area contributed by atoms with Crippen molar-refractivity contribution in [3.05, 3.63) is 59.9 Å². The molecule has 5 nitrogen and oxygen atoms in total. The Morgan fingerprint density at radius 2 is 1.91 bits per heavy atom. The first kappa shape index (κ1) is 14.3. The predicted octanol–water partition coefficient (Wildman–Crippen LogP) is 2.44. The van der Waals surface area contributed by atoms with Crippen LogP contribution in [0.5, 0.6) is 5.75 Å². The average molecular weight is 296 g/mol. The number of ether oxygens (including phenoxy) is 1. The van der Waals surface area contributed by atoms with Crippen molar-refractivity contribution in [3.63, 3.8) is 0 Å². The number of esters is 1. The lowest BCUT2D eigenvalue weighted by atomic mass is 10.2. The van der Waals surface area contributed by atoms with E-state index in [1.807, 2.05) is 0 Å². The zero-order valence-corrected chi connectivity index (χ0v) is 12.0. The fraction of sp³-hybridized carbons (Fsp3) is 0.235. The summed E-state index contributed by atoms with van der Waals surface area (Å²) in [6.07, 6.45) is 5.43. The van der Waals surface area contributed by atoms with Crippen molar-refractivity contribution in [1.82, 2.24) is 10.3 Å². The zero-order chi connectivity index (χ0) is 15.4. The molecule has 1 heterocycles. The Morgan fingerprint density at radius 1 is 1.14 bits per heavy atom. The fourth-order valence-electron chi connectivity index (χ4n) is 1.98. The lowest BCUT2D eigenvalue weighted by molar-refractivity contribution is 0.0734. The van der Waals surface area contributed by atoms with E-state index in [1.165, 1.54) is 19.0 Å². The maximum Gasteiger partial charge on any atom is 0.345 e. The molecule has 0 bridgehead atoms. The minimum Gasteiger partial charge on any atom is -0.423 e. The summed E-state index contributed by atoms with van der Waals surface area (Å²) in [5.74, 6) is 0.465. The summed E-state index contributed by atoms with van der Waals surface area (Å²) in [5, 5.41) is 2.89. The number of carbonyl (C=O) groups excluding carboxylic acids is 2. The fourth-order valence-corrected chi connectivity index (χ4v) is 1.98. The Morgan fingerprint density at radius 3 is 2.55 bits per heavy atom. The van der Waals surface area contributed by atoms with Crippen LogP contribution >= 0.6 is 0 Å². The van der Waals surface area contributed by atoms with Crippen molar-refractivity contribution < 1.29 is 14.3 Å². The van der Waals surface area contributed by atoms with Crippen LogP contribution < -0.4 is 10.1 Å². The van der Waals surface area contributed by atoms with Crippen LogP contribution in [0.3, 0.4) is 0 Å². The van der Waals surface area contributed by atoms with Crippen LogP contribution in [0.25, 0.3) is 0 Å². The minimum absolute atomic E-state index is 0.1000. The van der Waals surface area contributed by atoms with Crippen LogP contribution in [-0.4, -0.2) is 23.4 Å². The van der Waals surface area contributed by atoms with Crippen molar-refractivity contribution in [2.45, 2.75) is 12.8 Å². The molecule has 0 spiro atoms. The van der Waals surface area contributed by atoms with Gasteiger partial charge in [0.05, 0.1) is 5.56 Å². The summed E-state index contributed by atoms with van der Waals surface area (Å²) in [6.45, 7) is 0.733. The molecule has 22 heavy (non-hydrogen) atoms. The van der Waals surface area contributed by atoms with Gasteiger partial charge in [-0.2, -0.15) is 0 Å². The predicted molar refractivity (Wildman–Crippen MR) is 80.7 cm³/mol. The number of carbonyl (C=O) groups is 2. The van der Waals surface area contributed by atoms with Gasteiger partial charge in [0.2, 0.25) is 0 Å². The summed E-state index contributed by atoms with van der Waals surface area (Å²) in [5.41, 5.74) is 0.940. The van der Waals surface area contributed by atoms with Crippen molar-refractivity contribution >= 4 is 11.9 Å². The highest BCUT2D eigenvalue weighted by molar-refractivity contribution is 5.94. The van der Waals surface area contributed by atoms with E-state index in [0.29, 0.717) is 22.8 Å². The van der Waals surface area contributed by atoms with Crippen LogP contribution in [0.1, 0.15) is 33.6 Å². The number of amides is 1. The summed E-state index contributed by atoms with van der Waals surface area (Å²) in [6, 6.07) is 9.82. The van der Waals surface area contributed by atoms with Gasteiger partial charge in [-0.25, -0.2) is 4.79 Å². The molecule has 1 saturated carbocycles. The molecule has 112 valence electrons. The third-order valence-corrected chi connectivity index (χ3v) is 3.47. The van der Waals surface area contributed by atoms with E-state index >= 15 is 0 Å². The second-order valence-corrected chi connectivity index (χ2v) is 5.31. The molecule has 1 aromatic heterocycles. The van der Waals surface area contributed by atoms with Gasteiger partial charge in [-0.3, -0.25) is 9.78 Å². The molecular weight excluding hydrogens is 280 g/mol. The Labute approximate surface area is 128 Å². The first-order valence-corrected chi connectivity index (χ1v) is 7.23. The molecule has 3 rings (SSSR count). The van der Waals surface area contributed by atoms with Crippen LogP contribution in [0.2, 0.25) is 0 Å². The number of aromatic nitrogens is 1. The third-order valence-electron chi connectivity index (χ3n) is 3.47. The van der Waals surface area contributed by atoms with Gasteiger partial charge in [-0.1, -0.05) is 0 Å². The molecule has 0 atom stereocenters. The highest BCUT2D eigenvalue weighted by atomic mass is 16.5. The number of pyridine rings is 1. The number of hydrogen-bond acceptors (Lipinski definition) is 4. The lowest BCUT2D eigenvalue weighted by Gasteiger charge is -2.06. The SMILES string of the molecule is O=C(NCC1CC1)c1ccc(OC(=O)c2cccnc2)cc1. The van der Waals surface area contributed by atoms with E-state index in [2.05, 4.69) is 10.3 Å². The van der Waals surface area contributed by atoms with Crippen LogP contribution in [0.4, 0.5) is 0 Å². The maximum atomic E-state index is 11.9. The third kappa shape index (κ3) is 3.69. The summed E-state index contributed by atoms with van der Waals surface area (Å²) in [4.78, 5) is 27.7.